The molecule has 2 atom stereocenters. The Hall–Kier alpha value is -3.83. The molecule has 4 N–H and O–H groups in total. The first-order chi connectivity index (χ1) is 18.9. The number of benzene rings is 3. The van der Waals surface area contributed by atoms with Crippen LogP contribution in [0.1, 0.15) is 39.5 Å². The summed E-state index contributed by atoms with van der Waals surface area (Å²) in [6.45, 7) is 1.87. The first-order valence-corrected chi connectivity index (χ1v) is 12.6. The van der Waals surface area contributed by atoms with Gasteiger partial charge in [0.1, 0.15) is 11.6 Å². The van der Waals surface area contributed by atoms with Gasteiger partial charge in [-0.3, -0.25) is 9.59 Å². The zero-order valence-electron chi connectivity index (χ0n) is 21.7. The summed E-state index contributed by atoms with van der Waals surface area (Å²) in [5.74, 6) is -3.30. The van der Waals surface area contributed by atoms with Crippen LogP contribution in [0.4, 0.5) is 22.0 Å². The van der Waals surface area contributed by atoms with Crippen molar-refractivity contribution >= 4 is 11.8 Å². The van der Waals surface area contributed by atoms with Crippen molar-refractivity contribution in [3.63, 3.8) is 0 Å². The molecule has 3 rings (SSSR count). The van der Waals surface area contributed by atoms with E-state index in [4.69, 9.17) is 0 Å². The topological polar surface area (TPSA) is 90.5 Å². The second-order valence-electron chi connectivity index (χ2n) is 9.29. The fourth-order valence-corrected chi connectivity index (χ4v) is 4.09. The van der Waals surface area contributed by atoms with Crippen molar-refractivity contribution in [3.8, 4) is 0 Å². The lowest BCUT2D eigenvalue weighted by Gasteiger charge is -2.25. The highest BCUT2D eigenvalue weighted by molar-refractivity contribution is 5.96. The van der Waals surface area contributed by atoms with Gasteiger partial charge in [0, 0.05) is 24.7 Å². The Morgan fingerprint density at radius 1 is 0.900 bits per heavy atom. The summed E-state index contributed by atoms with van der Waals surface area (Å²) in [6.07, 6.45) is -5.10. The minimum absolute atomic E-state index is 0.0235. The number of rotatable bonds is 12. The number of carbonyl (C=O) groups excluding carboxylic acids is 2. The van der Waals surface area contributed by atoms with Crippen molar-refractivity contribution < 1.29 is 36.6 Å². The van der Waals surface area contributed by atoms with E-state index in [2.05, 4.69) is 16.0 Å². The van der Waals surface area contributed by atoms with Crippen molar-refractivity contribution in [2.45, 2.75) is 44.6 Å². The van der Waals surface area contributed by atoms with Gasteiger partial charge in [0.25, 0.3) is 5.91 Å². The maximum atomic E-state index is 13.7. The van der Waals surface area contributed by atoms with Crippen molar-refractivity contribution in [3.05, 3.63) is 106 Å². The molecule has 11 heteroatoms. The molecular formula is C29H30F5N3O3. The standard InChI is InChI=1S/C29H30F5N3O3/c1-2-18-5-3-6-19(9-18)15-35-16-26(38)25(12-20-10-23(30)14-24(31)11-20)37-27(39)17-36-28(40)21-7-4-8-22(13-21)29(32,33)34/h3-11,13-14,25-26,35,38H,2,12,15-17H2,1H3,(H,36,40)(H,37,39)/t25-,26+/m1/s1. The van der Waals surface area contributed by atoms with Gasteiger partial charge >= 0.3 is 6.18 Å². The highest BCUT2D eigenvalue weighted by Crippen LogP contribution is 2.29. The van der Waals surface area contributed by atoms with Gasteiger partial charge in [-0.25, -0.2) is 8.78 Å². The summed E-state index contributed by atoms with van der Waals surface area (Å²) in [5.41, 5.74) is 1.02. The predicted octanol–water partition coefficient (Wildman–Crippen LogP) is 4.15. The third-order valence-corrected chi connectivity index (χ3v) is 6.13. The zero-order chi connectivity index (χ0) is 29.3. The second-order valence-corrected chi connectivity index (χ2v) is 9.29. The molecule has 0 aliphatic rings. The van der Waals surface area contributed by atoms with E-state index in [9.17, 15) is 36.6 Å². The minimum atomic E-state index is -4.64. The number of aliphatic hydroxyl groups is 1. The summed E-state index contributed by atoms with van der Waals surface area (Å²) in [4.78, 5) is 25.0. The van der Waals surface area contributed by atoms with Crippen LogP contribution in [0.2, 0.25) is 0 Å². The lowest BCUT2D eigenvalue weighted by atomic mass is 10.0. The van der Waals surface area contributed by atoms with Crippen LogP contribution in [-0.4, -0.2) is 42.2 Å². The molecule has 0 spiro atoms. The quantitative estimate of drug-likeness (QED) is 0.249. The molecule has 0 saturated heterocycles. The SMILES string of the molecule is CCc1cccc(CNC[C@H](O)[C@@H](Cc2cc(F)cc(F)c2)NC(=O)CNC(=O)c2cccc(C(F)(F)F)c2)c1. The molecule has 0 unspecified atom stereocenters. The Morgan fingerprint density at radius 3 is 2.25 bits per heavy atom. The number of halogens is 5. The summed E-state index contributed by atoms with van der Waals surface area (Å²) in [6, 6.07) is 13.4. The predicted molar refractivity (Wildman–Crippen MR) is 139 cm³/mol. The number of aryl methyl sites for hydroxylation is 1. The van der Waals surface area contributed by atoms with Crippen LogP contribution >= 0.6 is 0 Å². The molecule has 0 heterocycles. The van der Waals surface area contributed by atoms with Crippen LogP contribution in [0.15, 0.2) is 66.7 Å². The third kappa shape index (κ3) is 9.42. The molecule has 2 amide bonds. The Bertz CT molecular complexity index is 1300. The zero-order valence-corrected chi connectivity index (χ0v) is 21.7. The lowest BCUT2D eigenvalue weighted by molar-refractivity contribution is -0.137. The molecule has 6 nitrogen and oxygen atoms in total. The molecule has 0 fully saturated rings. The van der Waals surface area contributed by atoms with Gasteiger partial charge in [0.05, 0.1) is 24.3 Å². The maximum Gasteiger partial charge on any atom is 0.416 e. The number of carbonyl (C=O) groups is 2. The fraction of sp³-hybridized carbons (Fsp3) is 0.310. The summed E-state index contributed by atoms with van der Waals surface area (Å²) in [5, 5.41) is 18.7. The van der Waals surface area contributed by atoms with Crippen LogP contribution in [-0.2, 0) is 30.4 Å². The number of hydrogen-bond acceptors (Lipinski definition) is 4. The van der Waals surface area contributed by atoms with Crippen molar-refractivity contribution in [2.75, 3.05) is 13.1 Å². The maximum absolute atomic E-state index is 13.7. The van der Waals surface area contributed by atoms with E-state index in [1.807, 2.05) is 31.2 Å². The van der Waals surface area contributed by atoms with Crippen molar-refractivity contribution in [1.29, 1.82) is 0 Å². The largest absolute Gasteiger partial charge is 0.416 e. The van der Waals surface area contributed by atoms with Crippen LogP contribution in [0, 0.1) is 11.6 Å². The molecule has 40 heavy (non-hydrogen) atoms. The average Bonchev–Trinajstić information content (AvgIpc) is 2.90. The number of hydrogen-bond donors (Lipinski definition) is 4. The molecule has 214 valence electrons. The van der Waals surface area contributed by atoms with Crippen LogP contribution < -0.4 is 16.0 Å². The van der Waals surface area contributed by atoms with Gasteiger partial charge in [-0.05, 0) is 59.9 Å². The van der Waals surface area contributed by atoms with Gasteiger partial charge in [-0.15, -0.1) is 0 Å². The molecule has 3 aromatic rings. The minimum Gasteiger partial charge on any atom is -0.390 e. The van der Waals surface area contributed by atoms with E-state index in [0.29, 0.717) is 18.7 Å². The summed E-state index contributed by atoms with van der Waals surface area (Å²) in [7, 11) is 0. The third-order valence-electron chi connectivity index (χ3n) is 6.13. The van der Waals surface area contributed by atoms with E-state index in [1.165, 1.54) is 6.07 Å². The first-order valence-electron chi connectivity index (χ1n) is 12.6. The van der Waals surface area contributed by atoms with Gasteiger partial charge in [-0.1, -0.05) is 37.3 Å². The molecule has 0 saturated carbocycles. The second kappa shape index (κ2) is 14.0. The van der Waals surface area contributed by atoms with Crippen LogP contribution in [0.3, 0.4) is 0 Å². The molecule has 3 aromatic carbocycles. The van der Waals surface area contributed by atoms with Gasteiger partial charge in [0.15, 0.2) is 0 Å². The van der Waals surface area contributed by atoms with Gasteiger partial charge in [-0.2, -0.15) is 13.2 Å². The van der Waals surface area contributed by atoms with E-state index in [1.54, 1.807) is 0 Å². The molecule has 0 bridgehead atoms. The van der Waals surface area contributed by atoms with Gasteiger partial charge in [0.2, 0.25) is 5.91 Å². The molecule has 0 aromatic heterocycles. The van der Waals surface area contributed by atoms with Crippen LogP contribution in [0.5, 0.6) is 0 Å². The van der Waals surface area contributed by atoms with E-state index >= 15 is 0 Å². The number of alkyl halides is 3. The van der Waals surface area contributed by atoms with Crippen molar-refractivity contribution in [1.82, 2.24) is 16.0 Å². The highest BCUT2D eigenvalue weighted by atomic mass is 19.4. The average molecular weight is 564 g/mol. The lowest BCUT2D eigenvalue weighted by Crippen LogP contribution is -2.51. The normalized spacial score (nSPS) is 13.0. The molecular weight excluding hydrogens is 533 g/mol. The molecule has 0 radical (unpaired) electrons. The van der Waals surface area contributed by atoms with E-state index in [0.717, 1.165) is 41.8 Å². The Labute approximate surface area is 228 Å². The Kier molecular flexibility index (Phi) is 10.7. The first kappa shape index (κ1) is 30.7. The highest BCUT2D eigenvalue weighted by Gasteiger charge is 2.31. The Balaban J connectivity index is 1.64. The molecule has 0 aliphatic carbocycles. The summed E-state index contributed by atoms with van der Waals surface area (Å²) < 4.78 is 66.3. The number of amides is 2. The molecule has 0 aliphatic heterocycles. The summed E-state index contributed by atoms with van der Waals surface area (Å²) >= 11 is 0. The van der Waals surface area contributed by atoms with Gasteiger partial charge < -0.3 is 21.1 Å². The van der Waals surface area contributed by atoms with E-state index < -0.39 is 53.9 Å². The van der Waals surface area contributed by atoms with Crippen molar-refractivity contribution in [2.24, 2.45) is 0 Å². The number of aliphatic hydroxyl groups excluding tert-OH is 1. The fourth-order valence-electron chi connectivity index (χ4n) is 4.09. The van der Waals surface area contributed by atoms with Crippen LogP contribution in [0.25, 0.3) is 0 Å². The van der Waals surface area contributed by atoms with E-state index in [-0.39, 0.29) is 24.1 Å². The monoisotopic (exact) mass is 563 g/mol. The smallest absolute Gasteiger partial charge is 0.390 e. The Morgan fingerprint density at radius 2 is 1.57 bits per heavy atom. The number of nitrogens with one attached hydrogen (secondary N) is 3.